The number of hydrogen-bond donors (Lipinski definition) is 0. The van der Waals surface area contributed by atoms with Crippen molar-refractivity contribution in [3.63, 3.8) is 0 Å². The van der Waals surface area contributed by atoms with E-state index in [2.05, 4.69) is 9.59 Å². The van der Waals surface area contributed by atoms with Gasteiger partial charge in [0.05, 0.1) is 5.56 Å². The first-order valence-electron chi connectivity index (χ1n) is 5.02. The standard InChI is InChI=1S/C11H7F3N2OS2/c1-18-10-8(15-16-19-10)9(17)6-2-4-7(5-3-6)11(12,13)14/h2-5H,1H3. The molecule has 100 valence electrons. The fourth-order valence-corrected chi connectivity index (χ4v) is 2.54. The third-order valence-corrected chi connectivity index (χ3v) is 4.14. The van der Waals surface area contributed by atoms with Crippen LogP contribution in [0.25, 0.3) is 0 Å². The summed E-state index contributed by atoms with van der Waals surface area (Å²) >= 11 is 2.41. The number of nitrogens with zero attached hydrogens (tertiary/aromatic N) is 2. The molecule has 0 spiro atoms. The summed E-state index contributed by atoms with van der Waals surface area (Å²) < 4.78 is 41.5. The van der Waals surface area contributed by atoms with Gasteiger partial charge in [-0.3, -0.25) is 4.79 Å². The Kier molecular flexibility index (Phi) is 3.91. The third-order valence-electron chi connectivity index (χ3n) is 2.33. The molecule has 1 aromatic heterocycles. The Hall–Kier alpha value is -1.41. The molecule has 1 heterocycles. The Morgan fingerprint density at radius 3 is 2.42 bits per heavy atom. The number of carbonyl (C=O) groups excluding carboxylic acids is 1. The summed E-state index contributed by atoms with van der Waals surface area (Å²) in [5.41, 5.74) is -0.446. The highest BCUT2D eigenvalue weighted by Crippen LogP contribution is 2.30. The van der Waals surface area contributed by atoms with E-state index in [9.17, 15) is 18.0 Å². The highest BCUT2D eigenvalue weighted by Gasteiger charge is 2.30. The summed E-state index contributed by atoms with van der Waals surface area (Å²) in [7, 11) is 0. The molecule has 0 bridgehead atoms. The van der Waals surface area contributed by atoms with Gasteiger partial charge < -0.3 is 0 Å². The molecular formula is C11H7F3N2OS2. The highest BCUT2D eigenvalue weighted by molar-refractivity contribution is 8.00. The molecule has 2 rings (SSSR count). The number of aromatic nitrogens is 2. The van der Waals surface area contributed by atoms with Crippen LogP contribution in [-0.2, 0) is 6.18 Å². The second kappa shape index (κ2) is 5.30. The number of halogens is 3. The molecule has 1 aromatic carbocycles. The Morgan fingerprint density at radius 1 is 1.26 bits per heavy atom. The predicted octanol–water partition coefficient (Wildman–Crippen LogP) is 3.51. The second-order valence-electron chi connectivity index (χ2n) is 3.52. The quantitative estimate of drug-likeness (QED) is 0.643. The summed E-state index contributed by atoms with van der Waals surface area (Å²) in [5.74, 6) is -0.424. The van der Waals surface area contributed by atoms with Gasteiger partial charge in [0.1, 0.15) is 4.21 Å². The van der Waals surface area contributed by atoms with E-state index in [0.29, 0.717) is 4.21 Å². The molecule has 0 aliphatic heterocycles. The lowest BCUT2D eigenvalue weighted by molar-refractivity contribution is -0.137. The third kappa shape index (κ3) is 2.95. The molecule has 0 saturated carbocycles. The lowest BCUT2D eigenvalue weighted by atomic mass is 10.1. The van der Waals surface area contributed by atoms with Crippen molar-refractivity contribution in [3.8, 4) is 0 Å². The molecule has 2 aromatic rings. The Bertz CT molecular complexity index is 593. The van der Waals surface area contributed by atoms with Crippen molar-refractivity contribution in [2.24, 2.45) is 0 Å². The minimum absolute atomic E-state index is 0.163. The number of hydrogen-bond acceptors (Lipinski definition) is 5. The summed E-state index contributed by atoms with van der Waals surface area (Å²) in [5, 5.41) is 3.71. The second-order valence-corrected chi connectivity index (χ2v) is 5.35. The van der Waals surface area contributed by atoms with Gasteiger partial charge in [0.2, 0.25) is 5.78 Å². The minimum Gasteiger partial charge on any atom is -0.287 e. The normalized spacial score (nSPS) is 11.6. The van der Waals surface area contributed by atoms with Crippen molar-refractivity contribution in [2.45, 2.75) is 10.4 Å². The van der Waals surface area contributed by atoms with Crippen LogP contribution in [0, 0.1) is 0 Å². The topological polar surface area (TPSA) is 42.9 Å². The Labute approximate surface area is 115 Å². The van der Waals surface area contributed by atoms with Gasteiger partial charge in [-0.15, -0.1) is 16.9 Å². The zero-order valence-electron chi connectivity index (χ0n) is 9.56. The predicted molar refractivity (Wildman–Crippen MR) is 66.6 cm³/mol. The van der Waals surface area contributed by atoms with Crippen molar-refractivity contribution in [1.29, 1.82) is 0 Å². The van der Waals surface area contributed by atoms with Gasteiger partial charge in [-0.25, -0.2) is 0 Å². The average molecular weight is 304 g/mol. The number of rotatable bonds is 3. The maximum absolute atomic E-state index is 12.4. The SMILES string of the molecule is CSc1snnc1C(=O)c1ccc(C(F)(F)F)cc1. The van der Waals surface area contributed by atoms with Crippen LogP contribution in [0.4, 0.5) is 13.2 Å². The zero-order chi connectivity index (χ0) is 14.0. The van der Waals surface area contributed by atoms with Gasteiger partial charge in [0.15, 0.2) is 5.69 Å². The first-order chi connectivity index (χ1) is 8.93. The molecule has 3 nitrogen and oxygen atoms in total. The smallest absolute Gasteiger partial charge is 0.287 e. The lowest BCUT2D eigenvalue weighted by Gasteiger charge is -2.06. The van der Waals surface area contributed by atoms with Crippen molar-refractivity contribution in [2.75, 3.05) is 6.26 Å². The van der Waals surface area contributed by atoms with Crippen molar-refractivity contribution >= 4 is 29.1 Å². The largest absolute Gasteiger partial charge is 0.416 e. The molecule has 19 heavy (non-hydrogen) atoms. The number of benzene rings is 1. The summed E-state index contributed by atoms with van der Waals surface area (Å²) in [4.78, 5) is 12.1. The highest BCUT2D eigenvalue weighted by atomic mass is 32.2. The van der Waals surface area contributed by atoms with E-state index in [1.165, 1.54) is 11.8 Å². The molecule has 0 atom stereocenters. The first-order valence-corrected chi connectivity index (χ1v) is 7.01. The van der Waals surface area contributed by atoms with Crippen LogP contribution in [0.5, 0.6) is 0 Å². The molecule has 0 N–H and O–H groups in total. The summed E-state index contributed by atoms with van der Waals surface area (Å²) in [6.07, 6.45) is -2.63. The maximum Gasteiger partial charge on any atom is 0.416 e. The van der Waals surface area contributed by atoms with Crippen molar-refractivity contribution in [1.82, 2.24) is 9.59 Å². The van der Waals surface area contributed by atoms with Gasteiger partial charge in [0.25, 0.3) is 0 Å². The van der Waals surface area contributed by atoms with Crippen LogP contribution < -0.4 is 0 Å². The van der Waals surface area contributed by atoms with Crippen LogP contribution in [0.2, 0.25) is 0 Å². The number of alkyl halides is 3. The zero-order valence-corrected chi connectivity index (χ0v) is 11.2. The maximum atomic E-state index is 12.4. The molecular weight excluding hydrogens is 297 g/mol. The summed E-state index contributed by atoms with van der Waals surface area (Å²) in [6, 6.07) is 4.06. The van der Waals surface area contributed by atoms with Crippen molar-refractivity contribution in [3.05, 3.63) is 41.1 Å². The molecule has 0 unspecified atom stereocenters. The van der Waals surface area contributed by atoms with E-state index >= 15 is 0 Å². The Balaban J connectivity index is 2.30. The van der Waals surface area contributed by atoms with Gasteiger partial charge in [0, 0.05) is 5.56 Å². The van der Waals surface area contributed by atoms with Crippen LogP contribution in [0.1, 0.15) is 21.6 Å². The Morgan fingerprint density at radius 2 is 1.89 bits per heavy atom. The van der Waals surface area contributed by atoms with Gasteiger partial charge >= 0.3 is 6.18 Å². The van der Waals surface area contributed by atoms with Crippen LogP contribution in [-0.4, -0.2) is 21.6 Å². The van der Waals surface area contributed by atoms with Crippen LogP contribution in [0.3, 0.4) is 0 Å². The number of carbonyl (C=O) groups is 1. The molecule has 0 saturated heterocycles. The molecule has 0 aliphatic carbocycles. The van der Waals surface area contributed by atoms with Crippen LogP contribution in [0.15, 0.2) is 28.5 Å². The fourth-order valence-electron chi connectivity index (χ4n) is 1.40. The van der Waals surface area contributed by atoms with E-state index in [1.807, 2.05) is 0 Å². The van der Waals surface area contributed by atoms with Gasteiger partial charge in [-0.1, -0.05) is 16.6 Å². The van der Waals surface area contributed by atoms with E-state index in [4.69, 9.17) is 0 Å². The van der Waals surface area contributed by atoms with Crippen LogP contribution >= 0.6 is 23.3 Å². The number of thioether (sulfide) groups is 1. The molecule has 0 radical (unpaired) electrons. The van der Waals surface area contributed by atoms with E-state index < -0.39 is 17.5 Å². The average Bonchev–Trinajstić information content (AvgIpc) is 2.85. The number of ketones is 1. The first kappa shape index (κ1) is 14.0. The summed E-state index contributed by atoms with van der Waals surface area (Å²) in [6.45, 7) is 0. The van der Waals surface area contributed by atoms with E-state index in [1.54, 1.807) is 6.26 Å². The minimum atomic E-state index is -4.41. The van der Waals surface area contributed by atoms with Crippen molar-refractivity contribution < 1.29 is 18.0 Å². The molecule has 8 heteroatoms. The molecule has 0 aliphatic rings. The lowest BCUT2D eigenvalue weighted by Crippen LogP contribution is -2.07. The van der Waals surface area contributed by atoms with Gasteiger partial charge in [-0.05, 0) is 29.9 Å². The monoisotopic (exact) mass is 304 g/mol. The van der Waals surface area contributed by atoms with E-state index in [-0.39, 0.29) is 11.3 Å². The van der Waals surface area contributed by atoms with Gasteiger partial charge in [-0.2, -0.15) is 13.2 Å². The molecule has 0 fully saturated rings. The van der Waals surface area contributed by atoms with E-state index in [0.717, 1.165) is 35.8 Å². The fraction of sp³-hybridized carbons (Fsp3) is 0.182. The molecule has 0 amide bonds.